The Morgan fingerprint density at radius 3 is 2.52 bits per heavy atom. The van der Waals surface area contributed by atoms with E-state index >= 15 is 0 Å². The van der Waals surface area contributed by atoms with Crippen molar-refractivity contribution in [3.8, 4) is 16.9 Å². The van der Waals surface area contributed by atoms with Crippen molar-refractivity contribution >= 4 is 22.9 Å². The lowest BCUT2D eigenvalue weighted by atomic mass is 10.0. The van der Waals surface area contributed by atoms with Crippen LogP contribution in [0.5, 0.6) is 5.75 Å². The van der Waals surface area contributed by atoms with Crippen LogP contribution in [-0.4, -0.2) is 45.2 Å². The Morgan fingerprint density at radius 1 is 1.33 bits per heavy atom. The van der Waals surface area contributed by atoms with Gasteiger partial charge in [-0.2, -0.15) is 13.2 Å². The lowest BCUT2D eigenvalue weighted by Gasteiger charge is -2.17. The van der Waals surface area contributed by atoms with Gasteiger partial charge in [0.05, 0.1) is 11.3 Å². The summed E-state index contributed by atoms with van der Waals surface area (Å²) in [4.78, 5) is 18.9. The third-order valence-corrected chi connectivity index (χ3v) is 4.52. The van der Waals surface area contributed by atoms with Crippen LogP contribution in [0.3, 0.4) is 0 Å². The zero-order valence-corrected chi connectivity index (χ0v) is 15.4. The van der Waals surface area contributed by atoms with Gasteiger partial charge in [-0.05, 0) is 25.1 Å². The molecule has 0 radical (unpaired) electrons. The standard InChI is InChI=1S/C16H16F3N3O4S/c1-9-12(7-20-15(21-9)22(2)27(3)25)11-6-10(16(17,18)19)4-5-13(11)26-8-14(23)24/h4-7H,8H2,1-3H3,(H,23,24). The average molecular weight is 403 g/mol. The second-order valence-corrected chi connectivity index (χ2v) is 6.88. The van der Waals surface area contributed by atoms with Crippen LogP contribution in [0.25, 0.3) is 11.1 Å². The second kappa shape index (κ2) is 7.91. The Bertz CT molecular complexity index is 890. The minimum absolute atomic E-state index is 0.00963. The molecule has 0 saturated carbocycles. The molecule has 0 spiro atoms. The van der Waals surface area contributed by atoms with E-state index in [1.807, 2.05) is 0 Å². The number of benzene rings is 1. The highest BCUT2D eigenvalue weighted by Gasteiger charge is 2.31. The molecule has 0 aliphatic rings. The number of carboxylic acid groups (broad SMARTS) is 1. The maximum absolute atomic E-state index is 13.1. The summed E-state index contributed by atoms with van der Waals surface area (Å²) in [6, 6.07) is 2.71. The zero-order valence-electron chi connectivity index (χ0n) is 14.6. The van der Waals surface area contributed by atoms with Crippen molar-refractivity contribution < 1.29 is 32.0 Å². The number of hydrogen-bond donors (Lipinski definition) is 1. The maximum Gasteiger partial charge on any atom is 0.416 e. The number of alkyl halides is 3. The van der Waals surface area contributed by atoms with Crippen molar-refractivity contribution in [3.05, 3.63) is 35.7 Å². The predicted molar refractivity (Wildman–Crippen MR) is 92.8 cm³/mol. The van der Waals surface area contributed by atoms with Gasteiger partial charge in [0, 0.05) is 30.6 Å². The van der Waals surface area contributed by atoms with E-state index < -0.39 is 35.3 Å². The van der Waals surface area contributed by atoms with Gasteiger partial charge in [-0.3, -0.25) is 4.31 Å². The number of ether oxygens (including phenoxy) is 1. The minimum Gasteiger partial charge on any atom is -0.481 e. The highest BCUT2D eigenvalue weighted by atomic mass is 32.2. The van der Waals surface area contributed by atoms with E-state index in [0.717, 1.165) is 18.2 Å². The fraction of sp³-hybridized carbons (Fsp3) is 0.312. The monoisotopic (exact) mass is 403 g/mol. The van der Waals surface area contributed by atoms with Gasteiger partial charge in [-0.1, -0.05) is 0 Å². The largest absolute Gasteiger partial charge is 0.481 e. The first-order chi connectivity index (χ1) is 12.5. The quantitative estimate of drug-likeness (QED) is 0.797. The fourth-order valence-electron chi connectivity index (χ4n) is 2.17. The zero-order chi connectivity index (χ0) is 20.4. The van der Waals surface area contributed by atoms with E-state index in [1.165, 1.54) is 23.8 Å². The van der Waals surface area contributed by atoms with Gasteiger partial charge in [0.25, 0.3) is 0 Å². The third-order valence-electron chi connectivity index (χ3n) is 3.58. The Hall–Kier alpha value is -2.69. The van der Waals surface area contributed by atoms with E-state index in [0.29, 0.717) is 5.69 Å². The molecule has 2 aromatic rings. The summed E-state index contributed by atoms with van der Waals surface area (Å²) in [5.74, 6) is -1.18. The Labute approximate surface area is 155 Å². The molecule has 1 aromatic heterocycles. The molecule has 1 unspecified atom stereocenters. The molecule has 0 amide bonds. The van der Waals surface area contributed by atoms with Gasteiger partial charge < -0.3 is 9.84 Å². The van der Waals surface area contributed by atoms with E-state index in [4.69, 9.17) is 9.84 Å². The molecule has 0 saturated heterocycles. The van der Waals surface area contributed by atoms with E-state index in [-0.39, 0.29) is 22.8 Å². The lowest BCUT2D eigenvalue weighted by molar-refractivity contribution is -0.140. The van der Waals surface area contributed by atoms with Gasteiger partial charge in [-0.25, -0.2) is 19.0 Å². The average Bonchev–Trinajstić information content (AvgIpc) is 2.58. The molecule has 11 heteroatoms. The number of hydrogen-bond acceptors (Lipinski definition) is 5. The smallest absolute Gasteiger partial charge is 0.416 e. The Kier molecular flexibility index (Phi) is 6.04. The molecule has 0 aliphatic heterocycles. The molecule has 1 N–H and O–H groups in total. The molecular formula is C16H16F3N3O4S. The molecule has 27 heavy (non-hydrogen) atoms. The molecule has 0 bridgehead atoms. The van der Waals surface area contributed by atoms with Crippen molar-refractivity contribution in [2.24, 2.45) is 0 Å². The number of aliphatic carboxylic acids is 1. The van der Waals surface area contributed by atoms with Gasteiger partial charge in [-0.15, -0.1) is 0 Å². The van der Waals surface area contributed by atoms with Crippen LogP contribution in [0.15, 0.2) is 24.4 Å². The predicted octanol–water partition coefficient (Wildman–Crippen LogP) is 2.66. The minimum atomic E-state index is -4.59. The van der Waals surface area contributed by atoms with Crippen molar-refractivity contribution in [2.45, 2.75) is 13.1 Å². The number of halogens is 3. The summed E-state index contributed by atoms with van der Waals surface area (Å²) in [6.07, 6.45) is -1.88. The highest BCUT2D eigenvalue weighted by molar-refractivity contribution is 7.85. The Morgan fingerprint density at radius 2 is 2.00 bits per heavy atom. The van der Waals surface area contributed by atoms with Crippen LogP contribution >= 0.6 is 0 Å². The molecule has 0 aliphatic carbocycles. The molecule has 2 rings (SSSR count). The maximum atomic E-state index is 13.1. The molecule has 7 nitrogen and oxygen atoms in total. The van der Waals surface area contributed by atoms with Gasteiger partial charge >= 0.3 is 12.1 Å². The summed E-state index contributed by atoms with van der Waals surface area (Å²) in [5, 5.41) is 8.76. The van der Waals surface area contributed by atoms with E-state index in [2.05, 4.69) is 9.97 Å². The molecule has 1 aromatic carbocycles. The summed E-state index contributed by atoms with van der Waals surface area (Å²) in [5.41, 5.74) is -0.358. The van der Waals surface area contributed by atoms with Crippen molar-refractivity contribution in [3.63, 3.8) is 0 Å². The topological polar surface area (TPSA) is 92.6 Å². The summed E-state index contributed by atoms with van der Waals surface area (Å²) in [6.45, 7) is 0.835. The number of aromatic nitrogens is 2. The number of aryl methyl sites for hydroxylation is 1. The fourth-order valence-corrected chi connectivity index (χ4v) is 2.49. The first-order valence-corrected chi connectivity index (χ1v) is 8.99. The summed E-state index contributed by atoms with van der Waals surface area (Å²) >= 11 is 0. The first-order valence-electron chi connectivity index (χ1n) is 7.48. The van der Waals surface area contributed by atoms with Crippen LogP contribution in [-0.2, 0) is 22.0 Å². The summed E-state index contributed by atoms with van der Waals surface area (Å²) < 4.78 is 57.2. The molecular weight excluding hydrogens is 387 g/mol. The van der Waals surface area contributed by atoms with Crippen LogP contribution in [0, 0.1) is 6.92 Å². The van der Waals surface area contributed by atoms with Crippen LogP contribution < -0.4 is 9.04 Å². The summed E-state index contributed by atoms with van der Waals surface area (Å²) in [7, 11) is 0.131. The lowest BCUT2D eigenvalue weighted by Crippen LogP contribution is -2.21. The third kappa shape index (κ3) is 4.94. The number of carbonyl (C=O) groups is 1. The van der Waals surface area contributed by atoms with Crippen molar-refractivity contribution in [1.29, 1.82) is 0 Å². The Balaban J connectivity index is 2.56. The number of carboxylic acids is 1. The highest BCUT2D eigenvalue weighted by Crippen LogP contribution is 2.38. The number of nitrogens with zero attached hydrogens (tertiary/aromatic N) is 3. The van der Waals surface area contributed by atoms with Crippen molar-refractivity contribution in [2.75, 3.05) is 24.2 Å². The van der Waals surface area contributed by atoms with E-state index in [1.54, 1.807) is 6.92 Å². The molecule has 1 atom stereocenters. The van der Waals surface area contributed by atoms with Crippen LogP contribution in [0.4, 0.5) is 19.1 Å². The molecule has 0 fully saturated rings. The van der Waals surface area contributed by atoms with Crippen LogP contribution in [0.1, 0.15) is 11.3 Å². The van der Waals surface area contributed by atoms with Gasteiger partial charge in [0.2, 0.25) is 5.95 Å². The second-order valence-electron chi connectivity index (χ2n) is 5.48. The van der Waals surface area contributed by atoms with Crippen LogP contribution in [0.2, 0.25) is 0 Å². The SMILES string of the molecule is Cc1nc(N(C)S(C)=O)ncc1-c1cc(C(F)(F)F)ccc1OCC(=O)O. The van der Waals surface area contributed by atoms with Gasteiger partial charge in [0.15, 0.2) is 6.61 Å². The first kappa shape index (κ1) is 20.6. The normalized spacial score (nSPS) is 12.5. The number of rotatable bonds is 6. The molecule has 146 valence electrons. The van der Waals surface area contributed by atoms with Gasteiger partial charge in [0.1, 0.15) is 16.7 Å². The van der Waals surface area contributed by atoms with Crippen molar-refractivity contribution in [1.82, 2.24) is 9.97 Å². The van der Waals surface area contributed by atoms with E-state index in [9.17, 15) is 22.2 Å². The number of anilines is 1. The molecule has 1 heterocycles.